The molecule has 0 heterocycles. The molecule has 3 aromatic carbocycles. The van der Waals surface area contributed by atoms with Gasteiger partial charge in [0.05, 0.1) is 7.11 Å². The molecular weight excluding hydrogens is 546 g/mol. The number of aromatic hydroxyl groups is 1. The Bertz CT molecular complexity index is 1410. The average Bonchev–Trinajstić information content (AvgIpc) is 2.95. The summed E-state index contributed by atoms with van der Waals surface area (Å²) in [6.45, 7) is 12.7. The Hall–Kier alpha value is -4.79. The first-order valence-electron chi connectivity index (χ1n) is 14.1. The fourth-order valence-electron chi connectivity index (χ4n) is 4.56. The number of anilines is 1. The number of methoxy groups -OCH3 is 1. The van der Waals surface area contributed by atoms with E-state index in [0.717, 1.165) is 5.56 Å². The number of hydrogen-bond donors (Lipinski definition) is 3. The van der Waals surface area contributed by atoms with Crippen molar-refractivity contribution in [3.8, 4) is 11.5 Å². The zero-order chi connectivity index (χ0) is 31.7. The van der Waals surface area contributed by atoms with Gasteiger partial charge in [-0.1, -0.05) is 43.0 Å². The molecule has 0 bridgehead atoms. The van der Waals surface area contributed by atoms with E-state index in [-0.39, 0.29) is 12.2 Å². The number of rotatable bonds is 11. The molecule has 3 N–H and O–H groups in total. The third-order valence-electron chi connectivity index (χ3n) is 6.52. The molecule has 2 unspecified atom stereocenters. The Labute approximate surface area is 253 Å². The predicted molar refractivity (Wildman–Crippen MR) is 168 cm³/mol. The quantitative estimate of drug-likeness (QED) is 0.250. The topological polar surface area (TPSA) is 117 Å². The molecule has 3 rings (SSSR count). The maximum atomic E-state index is 14.5. The van der Waals surface area contributed by atoms with Crippen molar-refractivity contribution in [2.24, 2.45) is 0 Å². The van der Waals surface area contributed by atoms with Crippen molar-refractivity contribution in [3.63, 3.8) is 0 Å². The second kappa shape index (κ2) is 14.4. The summed E-state index contributed by atoms with van der Waals surface area (Å²) in [5.41, 5.74) is 1.79. The monoisotopic (exact) mass is 587 g/mol. The molecule has 9 nitrogen and oxygen atoms in total. The van der Waals surface area contributed by atoms with Crippen molar-refractivity contribution >= 4 is 29.7 Å². The van der Waals surface area contributed by atoms with Gasteiger partial charge in [0.15, 0.2) is 0 Å². The number of benzene rings is 3. The highest BCUT2D eigenvalue weighted by Crippen LogP contribution is 2.28. The molecule has 0 saturated carbocycles. The smallest absolute Gasteiger partial charge is 0.408 e. The molecule has 3 amide bonds. The van der Waals surface area contributed by atoms with E-state index in [1.165, 1.54) is 17.0 Å². The van der Waals surface area contributed by atoms with Crippen LogP contribution in [0.5, 0.6) is 11.5 Å². The van der Waals surface area contributed by atoms with Gasteiger partial charge in [-0.25, -0.2) is 4.79 Å². The van der Waals surface area contributed by atoms with Crippen LogP contribution in [0, 0.1) is 0 Å². The van der Waals surface area contributed by atoms with Crippen LogP contribution in [-0.2, 0) is 20.7 Å². The second-order valence-electron chi connectivity index (χ2n) is 11.4. The van der Waals surface area contributed by atoms with Gasteiger partial charge >= 0.3 is 6.09 Å². The van der Waals surface area contributed by atoms with E-state index in [1.807, 2.05) is 26.0 Å². The first-order chi connectivity index (χ1) is 20.3. The maximum Gasteiger partial charge on any atom is 0.408 e. The number of nitrogens with zero attached hydrogens (tertiary/aromatic N) is 1. The Morgan fingerprint density at radius 2 is 1.65 bits per heavy atom. The number of phenolic OH excluding ortho intramolecular Hbond substituents is 1. The molecule has 0 spiro atoms. The molecule has 228 valence electrons. The first kappa shape index (κ1) is 32.7. The molecule has 43 heavy (non-hydrogen) atoms. The maximum absolute atomic E-state index is 14.5. The first-order valence-corrected chi connectivity index (χ1v) is 14.1. The minimum absolute atomic E-state index is 0.0768. The highest BCUT2D eigenvalue weighted by molar-refractivity contribution is 5.99. The number of alkyl carbamates (subject to hydrolysis) is 1. The molecule has 0 aromatic heterocycles. The van der Waals surface area contributed by atoms with Crippen LogP contribution < -0.4 is 15.4 Å². The Morgan fingerprint density at radius 1 is 1.00 bits per heavy atom. The minimum Gasteiger partial charge on any atom is -0.508 e. The van der Waals surface area contributed by atoms with E-state index < -0.39 is 41.6 Å². The third kappa shape index (κ3) is 9.36. The van der Waals surface area contributed by atoms with Crippen molar-refractivity contribution in [1.82, 2.24) is 10.2 Å². The summed E-state index contributed by atoms with van der Waals surface area (Å²) < 4.78 is 10.7. The van der Waals surface area contributed by atoms with Gasteiger partial charge in [-0.3, -0.25) is 9.59 Å². The minimum atomic E-state index is -1.08. The van der Waals surface area contributed by atoms with Crippen molar-refractivity contribution in [1.29, 1.82) is 0 Å². The van der Waals surface area contributed by atoms with E-state index in [9.17, 15) is 19.5 Å². The van der Waals surface area contributed by atoms with Crippen LogP contribution in [0.15, 0.2) is 79.4 Å². The van der Waals surface area contributed by atoms with Crippen molar-refractivity contribution in [2.75, 3.05) is 12.4 Å². The zero-order valence-electron chi connectivity index (χ0n) is 25.6. The number of nitrogens with one attached hydrogen (secondary N) is 2. The fourth-order valence-corrected chi connectivity index (χ4v) is 4.56. The molecule has 0 radical (unpaired) electrons. The molecule has 9 heteroatoms. The van der Waals surface area contributed by atoms with Gasteiger partial charge in [0.1, 0.15) is 29.2 Å². The van der Waals surface area contributed by atoms with Crippen LogP contribution in [0.3, 0.4) is 0 Å². The number of amides is 3. The number of hydrogen-bond acceptors (Lipinski definition) is 6. The molecular formula is C34H41N3O6. The molecule has 0 aliphatic rings. The lowest BCUT2D eigenvalue weighted by molar-refractivity contribution is -0.142. The zero-order valence-corrected chi connectivity index (χ0v) is 25.6. The standard InChI is InChI=1S/C34H41N3O6/c1-8-23-10-9-11-25(20-23)30(31(39)35-26-14-18-28(42-7)19-15-26)37(22(2)3)32(40)29(36-33(41)43-34(4,5)6)21-24-12-16-27(38)17-13-24/h8-20,22,29-30,38H,1,21H2,2-7H3,(H,35,39)(H,36,41). The van der Waals surface area contributed by atoms with Crippen molar-refractivity contribution in [2.45, 2.75) is 64.8 Å². The summed E-state index contributed by atoms with van der Waals surface area (Å²) in [5, 5.41) is 15.4. The van der Waals surface area contributed by atoms with Crippen molar-refractivity contribution < 1.29 is 29.0 Å². The van der Waals surface area contributed by atoms with E-state index in [0.29, 0.717) is 22.6 Å². The highest BCUT2D eigenvalue weighted by atomic mass is 16.6. The highest BCUT2D eigenvalue weighted by Gasteiger charge is 2.38. The summed E-state index contributed by atoms with van der Waals surface area (Å²) in [6.07, 6.45) is 1.00. The fraction of sp³-hybridized carbons (Fsp3) is 0.324. The van der Waals surface area contributed by atoms with Gasteiger partial charge in [-0.2, -0.15) is 0 Å². The van der Waals surface area contributed by atoms with Gasteiger partial charge in [0.25, 0.3) is 5.91 Å². The van der Waals surface area contributed by atoms with Gasteiger partial charge in [0, 0.05) is 18.2 Å². The lowest BCUT2D eigenvalue weighted by atomic mass is 9.97. The summed E-state index contributed by atoms with van der Waals surface area (Å²) >= 11 is 0. The van der Waals surface area contributed by atoms with E-state index in [1.54, 1.807) is 82.5 Å². The summed E-state index contributed by atoms with van der Waals surface area (Å²) in [6, 6.07) is 17.9. The van der Waals surface area contributed by atoms with Gasteiger partial charge in [0.2, 0.25) is 5.91 Å². The van der Waals surface area contributed by atoms with Crippen LogP contribution in [0.25, 0.3) is 6.08 Å². The molecule has 0 aliphatic carbocycles. The molecule has 2 atom stereocenters. The van der Waals surface area contributed by atoms with E-state index >= 15 is 0 Å². The summed E-state index contributed by atoms with van der Waals surface area (Å²) in [7, 11) is 1.56. The van der Waals surface area contributed by atoms with Crippen LogP contribution >= 0.6 is 0 Å². The summed E-state index contributed by atoms with van der Waals surface area (Å²) in [5.74, 6) is -0.202. The lowest BCUT2D eigenvalue weighted by Crippen LogP contribution is -2.55. The van der Waals surface area contributed by atoms with Crippen molar-refractivity contribution in [3.05, 3.63) is 96.1 Å². The number of carbonyl (C=O) groups is 3. The van der Waals surface area contributed by atoms with Crippen LogP contribution in [0.1, 0.15) is 57.4 Å². The van der Waals surface area contributed by atoms with Gasteiger partial charge < -0.3 is 30.1 Å². The van der Waals surface area contributed by atoms with Gasteiger partial charge in [-0.15, -0.1) is 0 Å². The molecule has 3 aromatic rings. The second-order valence-corrected chi connectivity index (χ2v) is 11.4. The Balaban J connectivity index is 2.07. The molecule has 0 aliphatic heterocycles. The molecule has 0 fully saturated rings. The summed E-state index contributed by atoms with van der Waals surface area (Å²) in [4.78, 5) is 42.9. The van der Waals surface area contributed by atoms with E-state index in [4.69, 9.17) is 9.47 Å². The average molecular weight is 588 g/mol. The number of carbonyl (C=O) groups excluding carboxylic acids is 3. The van der Waals surface area contributed by atoms with Gasteiger partial charge in [-0.05, 0) is 93.8 Å². The predicted octanol–water partition coefficient (Wildman–Crippen LogP) is 6.10. The largest absolute Gasteiger partial charge is 0.508 e. The van der Waals surface area contributed by atoms with E-state index in [2.05, 4.69) is 17.2 Å². The lowest BCUT2D eigenvalue weighted by Gasteiger charge is -2.37. The third-order valence-corrected chi connectivity index (χ3v) is 6.52. The van der Waals surface area contributed by atoms with Crippen LogP contribution in [-0.4, -0.2) is 52.7 Å². The Morgan fingerprint density at radius 3 is 2.21 bits per heavy atom. The SMILES string of the molecule is C=Cc1cccc(C(C(=O)Nc2ccc(OC)cc2)N(C(=O)C(Cc2ccc(O)cc2)NC(=O)OC(C)(C)C)C(C)C)c1. The van der Waals surface area contributed by atoms with Crippen LogP contribution in [0.2, 0.25) is 0 Å². The molecule has 0 saturated heterocycles. The van der Waals surface area contributed by atoms with Crippen LogP contribution in [0.4, 0.5) is 10.5 Å². The Kier molecular flexibility index (Phi) is 11.0. The number of phenols is 1. The normalized spacial score (nSPS) is 12.5. The number of ether oxygens (including phenoxy) is 2.